The highest BCUT2D eigenvalue weighted by atomic mass is 15.0. The normalized spacial score (nSPS) is 11.6. The standard InChI is InChI=1S/C51H33N5/c1-4-16-35(17-5-1)49-52-50(36-18-6-2-7-19-36)54-51(53-49)37-30-28-34(29-31-37)42-32-43-41-24-12-13-25-44(41)55(38-20-8-3-9-21-38)48(43)33-47(42)56-45-26-14-10-22-39(45)40-23-11-15-27-46(40)56/h1-33H. The Kier molecular flexibility index (Phi) is 7.42. The molecular weight excluding hydrogens is 683 g/mol. The minimum atomic E-state index is 0.633. The van der Waals surface area contributed by atoms with Gasteiger partial charge in [0.25, 0.3) is 0 Å². The second-order valence-electron chi connectivity index (χ2n) is 14.1. The van der Waals surface area contributed by atoms with Crippen LogP contribution in [0.25, 0.3) is 100 Å². The van der Waals surface area contributed by atoms with Gasteiger partial charge >= 0.3 is 0 Å². The molecule has 11 rings (SSSR count). The Morgan fingerprint density at radius 2 is 0.679 bits per heavy atom. The molecule has 0 aliphatic carbocycles. The summed E-state index contributed by atoms with van der Waals surface area (Å²) in [5.74, 6) is 1.92. The van der Waals surface area contributed by atoms with E-state index in [2.05, 4.69) is 149 Å². The summed E-state index contributed by atoms with van der Waals surface area (Å²) in [6, 6.07) is 70.5. The van der Waals surface area contributed by atoms with Crippen LogP contribution in [0.3, 0.4) is 0 Å². The fourth-order valence-electron chi connectivity index (χ4n) is 8.19. The van der Waals surface area contributed by atoms with Crippen LogP contribution in [0, 0.1) is 0 Å². The minimum absolute atomic E-state index is 0.633. The fraction of sp³-hybridized carbons (Fsp3) is 0. The zero-order valence-electron chi connectivity index (χ0n) is 30.3. The van der Waals surface area contributed by atoms with Crippen LogP contribution in [0.1, 0.15) is 0 Å². The summed E-state index contributed by atoms with van der Waals surface area (Å²) in [5.41, 5.74) is 12.0. The third-order valence-corrected chi connectivity index (χ3v) is 10.8. The summed E-state index contributed by atoms with van der Waals surface area (Å²) in [7, 11) is 0. The topological polar surface area (TPSA) is 48.5 Å². The molecule has 0 bridgehead atoms. The van der Waals surface area contributed by atoms with Gasteiger partial charge < -0.3 is 9.13 Å². The molecule has 3 heterocycles. The number of benzene rings is 8. The second kappa shape index (κ2) is 13.0. The van der Waals surface area contributed by atoms with E-state index >= 15 is 0 Å². The Balaban J connectivity index is 1.15. The van der Waals surface area contributed by atoms with Gasteiger partial charge in [-0.25, -0.2) is 15.0 Å². The lowest BCUT2D eigenvalue weighted by Gasteiger charge is -2.16. The molecule has 0 aliphatic rings. The van der Waals surface area contributed by atoms with Gasteiger partial charge in [-0.2, -0.15) is 0 Å². The fourth-order valence-corrected chi connectivity index (χ4v) is 8.19. The molecule has 0 saturated carbocycles. The van der Waals surface area contributed by atoms with Gasteiger partial charge in [0.2, 0.25) is 0 Å². The third kappa shape index (κ3) is 5.21. The number of hydrogen-bond donors (Lipinski definition) is 0. The first-order valence-electron chi connectivity index (χ1n) is 18.9. The van der Waals surface area contributed by atoms with E-state index in [0.29, 0.717) is 17.5 Å². The third-order valence-electron chi connectivity index (χ3n) is 10.8. The second-order valence-corrected chi connectivity index (χ2v) is 14.1. The highest BCUT2D eigenvalue weighted by Crippen LogP contribution is 2.42. The summed E-state index contributed by atoms with van der Waals surface area (Å²) in [6.45, 7) is 0. The first-order valence-corrected chi connectivity index (χ1v) is 18.9. The first-order chi connectivity index (χ1) is 27.8. The zero-order valence-corrected chi connectivity index (χ0v) is 30.3. The van der Waals surface area contributed by atoms with Gasteiger partial charge in [-0.05, 0) is 48.0 Å². The molecule has 11 aromatic rings. The number of fused-ring (bicyclic) bond motifs is 6. The van der Waals surface area contributed by atoms with E-state index in [4.69, 9.17) is 15.0 Å². The predicted octanol–water partition coefficient (Wildman–Crippen LogP) is 12.7. The Hall–Kier alpha value is -7.63. The van der Waals surface area contributed by atoms with Crippen molar-refractivity contribution < 1.29 is 0 Å². The molecule has 0 N–H and O–H groups in total. The van der Waals surface area contributed by atoms with Crippen molar-refractivity contribution in [2.75, 3.05) is 0 Å². The van der Waals surface area contributed by atoms with E-state index in [1.807, 2.05) is 60.7 Å². The van der Waals surface area contributed by atoms with Crippen LogP contribution in [0.15, 0.2) is 200 Å². The Morgan fingerprint density at radius 1 is 0.286 bits per heavy atom. The molecule has 3 aromatic heterocycles. The van der Waals surface area contributed by atoms with Crippen molar-refractivity contribution >= 4 is 43.6 Å². The molecule has 0 aliphatic heterocycles. The van der Waals surface area contributed by atoms with E-state index in [-0.39, 0.29) is 0 Å². The number of nitrogens with zero attached hydrogens (tertiary/aromatic N) is 5. The molecule has 0 atom stereocenters. The van der Waals surface area contributed by atoms with Gasteiger partial charge in [-0.3, -0.25) is 0 Å². The Morgan fingerprint density at radius 3 is 1.20 bits per heavy atom. The monoisotopic (exact) mass is 715 g/mol. The molecule has 56 heavy (non-hydrogen) atoms. The van der Waals surface area contributed by atoms with Crippen molar-refractivity contribution in [3.8, 4) is 56.7 Å². The molecule has 0 saturated heterocycles. The molecule has 5 nitrogen and oxygen atoms in total. The summed E-state index contributed by atoms with van der Waals surface area (Å²) in [6.07, 6.45) is 0. The molecule has 0 fully saturated rings. The molecule has 0 unspecified atom stereocenters. The average Bonchev–Trinajstić information content (AvgIpc) is 3.79. The quantitative estimate of drug-likeness (QED) is 0.172. The molecule has 8 aromatic carbocycles. The van der Waals surface area contributed by atoms with Crippen LogP contribution >= 0.6 is 0 Å². The number of hydrogen-bond acceptors (Lipinski definition) is 3. The largest absolute Gasteiger partial charge is 0.309 e. The summed E-state index contributed by atoms with van der Waals surface area (Å²) in [4.78, 5) is 14.9. The number of aromatic nitrogens is 5. The maximum Gasteiger partial charge on any atom is 0.164 e. The molecule has 0 amide bonds. The van der Waals surface area contributed by atoms with Gasteiger partial charge in [-0.1, -0.05) is 158 Å². The summed E-state index contributed by atoms with van der Waals surface area (Å²) >= 11 is 0. The minimum Gasteiger partial charge on any atom is -0.309 e. The van der Waals surface area contributed by atoms with Crippen LogP contribution < -0.4 is 0 Å². The van der Waals surface area contributed by atoms with Crippen LogP contribution in [0.2, 0.25) is 0 Å². The smallest absolute Gasteiger partial charge is 0.164 e. The maximum atomic E-state index is 5.01. The Bertz CT molecular complexity index is 3110. The lowest BCUT2D eigenvalue weighted by Crippen LogP contribution is -2.01. The molecule has 0 radical (unpaired) electrons. The highest BCUT2D eigenvalue weighted by Gasteiger charge is 2.21. The van der Waals surface area contributed by atoms with Crippen LogP contribution in [0.5, 0.6) is 0 Å². The van der Waals surface area contributed by atoms with Crippen molar-refractivity contribution in [1.29, 1.82) is 0 Å². The predicted molar refractivity (Wildman–Crippen MR) is 230 cm³/mol. The van der Waals surface area contributed by atoms with Crippen molar-refractivity contribution in [1.82, 2.24) is 24.1 Å². The molecule has 0 spiro atoms. The van der Waals surface area contributed by atoms with E-state index in [0.717, 1.165) is 44.7 Å². The van der Waals surface area contributed by atoms with E-state index in [1.165, 1.54) is 38.1 Å². The van der Waals surface area contributed by atoms with Crippen molar-refractivity contribution in [3.63, 3.8) is 0 Å². The number of rotatable bonds is 6. The van der Waals surface area contributed by atoms with E-state index < -0.39 is 0 Å². The van der Waals surface area contributed by atoms with E-state index in [9.17, 15) is 0 Å². The lowest BCUT2D eigenvalue weighted by atomic mass is 9.98. The van der Waals surface area contributed by atoms with Gasteiger partial charge in [0.05, 0.1) is 27.8 Å². The van der Waals surface area contributed by atoms with Crippen LogP contribution in [-0.4, -0.2) is 24.1 Å². The lowest BCUT2D eigenvalue weighted by molar-refractivity contribution is 1.07. The van der Waals surface area contributed by atoms with Crippen LogP contribution in [-0.2, 0) is 0 Å². The molecule has 5 heteroatoms. The average molecular weight is 716 g/mol. The van der Waals surface area contributed by atoms with Gasteiger partial charge in [0.1, 0.15) is 0 Å². The summed E-state index contributed by atoms with van der Waals surface area (Å²) in [5, 5.41) is 4.87. The number of para-hydroxylation sites is 4. The van der Waals surface area contributed by atoms with E-state index in [1.54, 1.807) is 0 Å². The van der Waals surface area contributed by atoms with Gasteiger partial charge in [-0.15, -0.1) is 0 Å². The van der Waals surface area contributed by atoms with Crippen molar-refractivity contribution in [2.45, 2.75) is 0 Å². The van der Waals surface area contributed by atoms with Crippen molar-refractivity contribution in [2.24, 2.45) is 0 Å². The molecular formula is C51H33N5. The van der Waals surface area contributed by atoms with Crippen LogP contribution in [0.4, 0.5) is 0 Å². The summed E-state index contributed by atoms with van der Waals surface area (Å²) < 4.78 is 4.83. The highest BCUT2D eigenvalue weighted by molar-refractivity contribution is 6.14. The first kappa shape index (κ1) is 31.9. The van der Waals surface area contributed by atoms with Gasteiger partial charge in [0, 0.05) is 49.5 Å². The van der Waals surface area contributed by atoms with Gasteiger partial charge in [0.15, 0.2) is 17.5 Å². The maximum absolute atomic E-state index is 5.01. The SMILES string of the molecule is c1ccc(-c2nc(-c3ccccc3)nc(-c3ccc(-c4cc5c6ccccc6n(-c6ccccc6)c5cc4-n4c5ccccc5c5ccccc54)cc3)n2)cc1. The zero-order chi connectivity index (χ0) is 37.0. The van der Waals surface area contributed by atoms with Crippen molar-refractivity contribution in [3.05, 3.63) is 200 Å². The Labute approximate surface area is 323 Å². The molecule has 262 valence electrons.